The summed E-state index contributed by atoms with van der Waals surface area (Å²) in [5, 5.41) is 13.5. The lowest BCUT2D eigenvalue weighted by atomic mass is 9.84. The molecule has 112 valence electrons. The van der Waals surface area contributed by atoms with E-state index in [1.165, 1.54) is 6.42 Å². The molecular weight excluding hydrogens is 260 g/mol. The van der Waals surface area contributed by atoms with E-state index in [4.69, 9.17) is 0 Å². The number of rotatable bonds is 3. The van der Waals surface area contributed by atoms with Gasteiger partial charge in [0.25, 0.3) is 0 Å². The van der Waals surface area contributed by atoms with Crippen molar-refractivity contribution >= 4 is 10.8 Å². The van der Waals surface area contributed by atoms with Crippen molar-refractivity contribution in [1.82, 2.24) is 9.88 Å². The molecule has 1 unspecified atom stereocenters. The van der Waals surface area contributed by atoms with Gasteiger partial charge in [-0.3, -0.25) is 4.98 Å². The molecule has 1 aromatic carbocycles. The average Bonchev–Trinajstić information content (AvgIpc) is 2.70. The molecule has 0 saturated carbocycles. The lowest BCUT2D eigenvalue weighted by Gasteiger charge is -2.29. The van der Waals surface area contributed by atoms with E-state index in [-0.39, 0.29) is 0 Å². The smallest absolute Gasteiger partial charge is 0.0915 e. The minimum absolute atomic E-state index is 0.705. The number of aromatic nitrogens is 1. The van der Waals surface area contributed by atoms with Crippen LogP contribution in [-0.2, 0) is 5.60 Å². The van der Waals surface area contributed by atoms with E-state index in [0.717, 1.165) is 55.2 Å². The highest BCUT2D eigenvalue weighted by Crippen LogP contribution is 2.36. The van der Waals surface area contributed by atoms with Crippen molar-refractivity contribution in [3.63, 3.8) is 0 Å². The number of nitrogens with zero attached hydrogens (tertiary/aromatic N) is 2. The minimum atomic E-state index is -0.705. The molecule has 1 N–H and O–H groups in total. The highest BCUT2D eigenvalue weighted by Gasteiger charge is 2.32. The summed E-state index contributed by atoms with van der Waals surface area (Å²) in [6, 6.07) is 8.20. The molecule has 2 aromatic rings. The lowest BCUT2D eigenvalue weighted by molar-refractivity contribution is 0.0227. The Morgan fingerprint density at radius 1 is 1.24 bits per heavy atom. The minimum Gasteiger partial charge on any atom is -0.385 e. The van der Waals surface area contributed by atoms with Crippen molar-refractivity contribution in [3.05, 3.63) is 42.2 Å². The second-order valence-electron chi connectivity index (χ2n) is 6.13. The third-order valence-corrected chi connectivity index (χ3v) is 4.63. The summed E-state index contributed by atoms with van der Waals surface area (Å²) in [5.41, 5.74) is 0.365. The van der Waals surface area contributed by atoms with Gasteiger partial charge in [-0.15, -0.1) is 0 Å². The zero-order chi connectivity index (χ0) is 14.7. The Hall–Kier alpha value is -1.45. The average molecular weight is 284 g/mol. The summed E-state index contributed by atoms with van der Waals surface area (Å²) in [6.45, 7) is 5.43. The third-order valence-electron chi connectivity index (χ3n) is 4.63. The fourth-order valence-corrected chi connectivity index (χ4v) is 3.51. The van der Waals surface area contributed by atoms with E-state index in [0.29, 0.717) is 0 Å². The monoisotopic (exact) mass is 284 g/mol. The Kier molecular flexibility index (Phi) is 4.22. The van der Waals surface area contributed by atoms with Gasteiger partial charge in [-0.2, -0.15) is 0 Å². The Morgan fingerprint density at radius 2 is 2.14 bits per heavy atom. The predicted molar refractivity (Wildman–Crippen MR) is 86.2 cm³/mol. The van der Waals surface area contributed by atoms with Crippen LogP contribution in [0.2, 0.25) is 0 Å². The molecule has 0 spiro atoms. The quantitative estimate of drug-likeness (QED) is 0.939. The zero-order valence-corrected chi connectivity index (χ0v) is 12.8. The number of aliphatic hydroxyl groups is 1. The van der Waals surface area contributed by atoms with Crippen molar-refractivity contribution in [2.24, 2.45) is 0 Å². The molecule has 3 nitrogen and oxygen atoms in total. The van der Waals surface area contributed by atoms with Gasteiger partial charge in [-0.1, -0.05) is 25.1 Å². The first-order valence-electron chi connectivity index (χ1n) is 8.01. The maximum Gasteiger partial charge on any atom is 0.0915 e. The van der Waals surface area contributed by atoms with Crippen LogP contribution in [0.5, 0.6) is 0 Å². The van der Waals surface area contributed by atoms with Crippen LogP contribution in [0.25, 0.3) is 10.8 Å². The molecule has 0 aliphatic carbocycles. The van der Waals surface area contributed by atoms with Crippen LogP contribution in [0.4, 0.5) is 0 Å². The molecule has 3 heteroatoms. The van der Waals surface area contributed by atoms with Crippen LogP contribution in [0.1, 0.15) is 38.2 Å². The SMILES string of the molecule is CCCN1CCCC(O)(c2cccc3cnccc23)CC1. The maximum absolute atomic E-state index is 11.3. The number of likely N-dealkylation sites (tertiary alicyclic amines) is 1. The van der Waals surface area contributed by atoms with E-state index < -0.39 is 5.60 Å². The summed E-state index contributed by atoms with van der Waals surface area (Å²) in [7, 11) is 0. The van der Waals surface area contributed by atoms with E-state index in [2.05, 4.69) is 28.9 Å². The number of fused-ring (bicyclic) bond motifs is 1. The molecule has 1 fully saturated rings. The standard InChI is InChI=1S/C18H24N2O/c1-2-11-20-12-4-8-18(21,9-13-20)17-6-3-5-15-14-19-10-7-16(15)17/h3,5-7,10,14,21H,2,4,8-9,11-13H2,1H3. The summed E-state index contributed by atoms with van der Waals surface area (Å²) in [4.78, 5) is 6.66. The van der Waals surface area contributed by atoms with Gasteiger partial charge in [-0.25, -0.2) is 0 Å². The predicted octanol–water partition coefficient (Wildman–Crippen LogP) is 3.32. The topological polar surface area (TPSA) is 36.4 Å². The number of hydrogen-bond donors (Lipinski definition) is 1. The molecule has 1 saturated heterocycles. The normalized spacial score (nSPS) is 24.1. The molecule has 0 radical (unpaired) electrons. The molecule has 2 heterocycles. The Bertz CT molecular complexity index is 608. The maximum atomic E-state index is 11.3. The number of pyridine rings is 1. The fraction of sp³-hybridized carbons (Fsp3) is 0.500. The second kappa shape index (κ2) is 6.12. The fourth-order valence-electron chi connectivity index (χ4n) is 3.51. The molecule has 1 atom stereocenters. The molecule has 1 aliphatic heterocycles. The van der Waals surface area contributed by atoms with Crippen molar-refractivity contribution in [1.29, 1.82) is 0 Å². The lowest BCUT2D eigenvalue weighted by Crippen LogP contribution is -2.29. The Labute approximate surface area is 126 Å². The third kappa shape index (κ3) is 2.94. The van der Waals surface area contributed by atoms with Gasteiger partial charge in [-0.05, 0) is 55.8 Å². The summed E-state index contributed by atoms with van der Waals surface area (Å²) in [6.07, 6.45) is 7.58. The first kappa shape index (κ1) is 14.5. The largest absolute Gasteiger partial charge is 0.385 e. The van der Waals surface area contributed by atoms with Gasteiger partial charge in [0.2, 0.25) is 0 Å². The van der Waals surface area contributed by atoms with E-state index >= 15 is 0 Å². The van der Waals surface area contributed by atoms with Crippen molar-refractivity contribution < 1.29 is 5.11 Å². The molecule has 1 aliphatic rings. The van der Waals surface area contributed by atoms with Crippen LogP contribution >= 0.6 is 0 Å². The van der Waals surface area contributed by atoms with Gasteiger partial charge in [0.15, 0.2) is 0 Å². The first-order chi connectivity index (χ1) is 10.2. The number of hydrogen-bond acceptors (Lipinski definition) is 3. The second-order valence-corrected chi connectivity index (χ2v) is 6.13. The molecular formula is C18H24N2O. The summed E-state index contributed by atoms with van der Waals surface area (Å²) in [5.74, 6) is 0. The van der Waals surface area contributed by atoms with Crippen molar-refractivity contribution in [2.45, 2.75) is 38.2 Å². The first-order valence-corrected chi connectivity index (χ1v) is 8.01. The van der Waals surface area contributed by atoms with Crippen molar-refractivity contribution in [2.75, 3.05) is 19.6 Å². The van der Waals surface area contributed by atoms with E-state index in [9.17, 15) is 5.11 Å². The van der Waals surface area contributed by atoms with Crippen LogP contribution < -0.4 is 0 Å². The van der Waals surface area contributed by atoms with Gasteiger partial charge >= 0.3 is 0 Å². The highest BCUT2D eigenvalue weighted by molar-refractivity contribution is 5.85. The zero-order valence-electron chi connectivity index (χ0n) is 12.8. The van der Waals surface area contributed by atoms with Gasteiger partial charge < -0.3 is 10.0 Å². The van der Waals surface area contributed by atoms with Crippen LogP contribution in [0, 0.1) is 0 Å². The number of benzene rings is 1. The summed E-state index contributed by atoms with van der Waals surface area (Å²) >= 11 is 0. The molecule has 3 rings (SSSR count). The van der Waals surface area contributed by atoms with Crippen LogP contribution in [-0.4, -0.2) is 34.6 Å². The van der Waals surface area contributed by atoms with Crippen LogP contribution in [0.3, 0.4) is 0 Å². The van der Waals surface area contributed by atoms with Gasteiger partial charge in [0.1, 0.15) is 0 Å². The molecule has 21 heavy (non-hydrogen) atoms. The molecule has 0 bridgehead atoms. The highest BCUT2D eigenvalue weighted by atomic mass is 16.3. The Morgan fingerprint density at radius 3 is 3.00 bits per heavy atom. The van der Waals surface area contributed by atoms with E-state index in [1.54, 1.807) is 0 Å². The van der Waals surface area contributed by atoms with Crippen molar-refractivity contribution in [3.8, 4) is 0 Å². The summed E-state index contributed by atoms with van der Waals surface area (Å²) < 4.78 is 0. The van der Waals surface area contributed by atoms with Gasteiger partial charge in [0.05, 0.1) is 5.60 Å². The van der Waals surface area contributed by atoms with E-state index in [1.807, 2.05) is 24.5 Å². The molecule has 1 aromatic heterocycles. The van der Waals surface area contributed by atoms with Gasteiger partial charge in [0, 0.05) is 24.3 Å². The Balaban J connectivity index is 1.93. The molecule has 0 amide bonds. The van der Waals surface area contributed by atoms with Crippen LogP contribution in [0.15, 0.2) is 36.7 Å².